The van der Waals surface area contributed by atoms with Crippen molar-refractivity contribution in [3.05, 3.63) is 76.1 Å². The van der Waals surface area contributed by atoms with Gasteiger partial charge in [0.25, 0.3) is 0 Å². The van der Waals surface area contributed by atoms with E-state index in [1.807, 2.05) is 11.2 Å². The topological polar surface area (TPSA) is 89.2 Å². The predicted molar refractivity (Wildman–Crippen MR) is 192 cm³/mol. The van der Waals surface area contributed by atoms with Crippen LogP contribution in [0.1, 0.15) is 86.7 Å². The third-order valence-corrected chi connectivity index (χ3v) is 9.94. The number of benzene rings is 2. The van der Waals surface area contributed by atoms with Crippen LogP contribution in [0.2, 0.25) is 0 Å². The highest BCUT2D eigenvalue weighted by Crippen LogP contribution is 2.40. The lowest BCUT2D eigenvalue weighted by atomic mass is 9.80. The number of rotatable bonds is 15. The molecule has 0 saturated heterocycles. The van der Waals surface area contributed by atoms with Crippen LogP contribution in [0.15, 0.2) is 53.2 Å². The second-order valence-electron chi connectivity index (χ2n) is 13.1. The summed E-state index contributed by atoms with van der Waals surface area (Å²) in [5.41, 5.74) is -4.33. The number of aliphatic carboxylic acids is 1. The van der Waals surface area contributed by atoms with E-state index in [0.717, 1.165) is 23.2 Å². The third kappa shape index (κ3) is 12.9. The number of allylic oxidation sites excluding steroid dienone is 2. The number of anilines is 1. The predicted octanol–water partition coefficient (Wildman–Crippen LogP) is 10.7. The molecule has 1 aliphatic rings. The van der Waals surface area contributed by atoms with Crippen LogP contribution >= 0.6 is 11.8 Å². The summed E-state index contributed by atoms with van der Waals surface area (Å²) in [6.07, 6.45) is -7.82. The highest BCUT2D eigenvalue weighted by atomic mass is 32.2. The van der Waals surface area contributed by atoms with Gasteiger partial charge in [-0.25, -0.2) is 4.99 Å². The van der Waals surface area contributed by atoms with Crippen LogP contribution in [0.5, 0.6) is 0 Å². The number of thioether (sulfide) groups is 1. The van der Waals surface area contributed by atoms with Crippen LogP contribution in [-0.2, 0) is 34.6 Å². The number of ether oxygens (including phenoxy) is 1. The number of carbonyl (C=O) groups is 1. The molecule has 1 unspecified atom stereocenters. The summed E-state index contributed by atoms with van der Waals surface area (Å²) in [4.78, 5) is 18.2. The monoisotopic (exact) mass is 796 g/mol. The smallest absolute Gasteiger partial charge is 0.416 e. The SMILES string of the molecule is C/C=C(\C=NC(=N)N(Cc1cc(C(F)(F)F)ccc1N(CC)CC1CCC(CC(=O)O)CC1)C(C)c1cc(C(F)(F)F)cc(C(F)(F)F)c1)OCCSC. The maximum atomic E-state index is 14.1. The number of carboxylic acid groups (broad SMARTS) is 1. The summed E-state index contributed by atoms with van der Waals surface area (Å²) < 4.78 is 131. The van der Waals surface area contributed by atoms with E-state index in [1.54, 1.807) is 13.8 Å². The highest BCUT2D eigenvalue weighted by Gasteiger charge is 2.38. The zero-order valence-corrected chi connectivity index (χ0v) is 31.2. The Bertz CT molecular complexity index is 1600. The van der Waals surface area contributed by atoms with Crippen molar-refractivity contribution in [2.45, 2.75) is 84.0 Å². The van der Waals surface area contributed by atoms with Crippen LogP contribution in [-0.4, -0.2) is 59.9 Å². The minimum Gasteiger partial charge on any atom is -0.491 e. The van der Waals surface area contributed by atoms with Gasteiger partial charge >= 0.3 is 24.5 Å². The quantitative estimate of drug-likeness (QED) is 0.0613. The number of alkyl halides is 9. The van der Waals surface area contributed by atoms with E-state index in [1.165, 1.54) is 30.8 Å². The average Bonchev–Trinajstić information content (AvgIpc) is 3.09. The van der Waals surface area contributed by atoms with Gasteiger partial charge in [0.15, 0.2) is 0 Å². The van der Waals surface area contributed by atoms with E-state index in [2.05, 4.69) is 4.99 Å². The normalized spacial score (nSPS) is 17.8. The molecule has 1 fully saturated rings. The molecule has 0 aliphatic heterocycles. The van der Waals surface area contributed by atoms with Gasteiger partial charge in [-0.05, 0) is 118 Å². The lowest BCUT2D eigenvalue weighted by molar-refractivity contribution is -0.143. The Hall–Kier alpha value is -3.89. The van der Waals surface area contributed by atoms with E-state index in [0.29, 0.717) is 62.3 Å². The van der Waals surface area contributed by atoms with Gasteiger partial charge in [0.05, 0.1) is 35.6 Å². The molecule has 0 radical (unpaired) electrons. The fourth-order valence-corrected chi connectivity index (χ4v) is 6.64. The van der Waals surface area contributed by atoms with Crippen molar-refractivity contribution in [1.29, 1.82) is 5.41 Å². The molecular formula is C37H45F9N4O3S. The number of hydrogen-bond acceptors (Lipinski definition) is 5. The molecule has 2 aromatic carbocycles. The Kier molecular flexibility index (Phi) is 15.8. The molecule has 1 aliphatic carbocycles. The Morgan fingerprint density at radius 2 is 1.54 bits per heavy atom. The Labute approximate surface area is 313 Å². The average molecular weight is 797 g/mol. The number of nitrogens with one attached hydrogen (secondary N) is 1. The van der Waals surface area contributed by atoms with Crippen molar-refractivity contribution in [1.82, 2.24) is 4.90 Å². The van der Waals surface area contributed by atoms with Gasteiger partial charge in [-0.2, -0.15) is 51.3 Å². The summed E-state index contributed by atoms with van der Waals surface area (Å²) in [5.74, 6) is -0.608. The summed E-state index contributed by atoms with van der Waals surface area (Å²) in [6, 6.07) is 2.65. The van der Waals surface area contributed by atoms with Crippen molar-refractivity contribution < 1.29 is 54.2 Å². The van der Waals surface area contributed by atoms with Gasteiger partial charge in [0, 0.05) is 37.5 Å². The largest absolute Gasteiger partial charge is 0.491 e. The molecule has 0 bridgehead atoms. The molecule has 1 saturated carbocycles. The molecule has 1 atom stereocenters. The maximum Gasteiger partial charge on any atom is 0.416 e. The van der Waals surface area contributed by atoms with Gasteiger partial charge in [-0.1, -0.05) is 0 Å². The van der Waals surface area contributed by atoms with Crippen LogP contribution in [0.4, 0.5) is 45.2 Å². The molecule has 2 aromatic rings. The van der Waals surface area contributed by atoms with Crippen molar-refractivity contribution in [2.75, 3.05) is 36.6 Å². The standard InChI is InChI=1S/C37H45F9N4O3S/c1-5-31(53-13-14-54-4)20-48-34(47)50(23(3)26-16-29(36(41,42)43)19-30(17-26)37(44,45)46)22-27-18-28(35(38,39)40)11-12-32(27)49(6-2)21-25-9-7-24(8-10-25)15-33(51)52/h5,11-12,16-20,23-25,47H,6-10,13-15,21-22H2,1-4H3,(H,51,52)/b31-5+,47-34?,48-20?. The molecule has 0 heterocycles. The zero-order chi connectivity index (χ0) is 40.4. The minimum absolute atomic E-state index is 0.0172. The second kappa shape index (κ2) is 19.1. The fourth-order valence-electron chi connectivity index (χ4n) is 6.39. The summed E-state index contributed by atoms with van der Waals surface area (Å²) in [5, 5.41) is 18.1. The van der Waals surface area contributed by atoms with E-state index >= 15 is 0 Å². The fraction of sp³-hybridized carbons (Fsp3) is 0.541. The Morgan fingerprint density at radius 1 is 0.963 bits per heavy atom. The van der Waals surface area contributed by atoms with Crippen molar-refractivity contribution in [3.8, 4) is 0 Å². The first-order valence-corrected chi connectivity index (χ1v) is 18.7. The van der Waals surface area contributed by atoms with Crippen molar-refractivity contribution in [3.63, 3.8) is 0 Å². The van der Waals surface area contributed by atoms with Gasteiger partial charge in [0.2, 0.25) is 5.96 Å². The molecule has 0 spiro atoms. The molecular weight excluding hydrogens is 751 g/mol. The Morgan fingerprint density at radius 3 is 2.04 bits per heavy atom. The first-order valence-electron chi connectivity index (χ1n) is 17.3. The molecule has 7 nitrogen and oxygen atoms in total. The summed E-state index contributed by atoms with van der Waals surface area (Å²) in [6.45, 7) is 5.13. The van der Waals surface area contributed by atoms with Crippen LogP contribution in [0.25, 0.3) is 0 Å². The molecule has 2 N–H and O–H groups in total. The third-order valence-electron chi connectivity index (χ3n) is 9.36. The number of aliphatic imine (C=N–C) groups is 1. The van der Waals surface area contributed by atoms with E-state index in [4.69, 9.17) is 10.1 Å². The van der Waals surface area contributed by atoms with Crippen LogP contribution in [0, 0.1) is 17.2 Å². The molecule has 17 heteroatoms. The molecule has 0 aromatic heterocycles. The first kappa shape index (κ1) is 44.5. The number of carboxylic acids is 1. The maximum absolute atomic E-state index is 14.1. The van der Waals surface area contributed by atoms with Gasteiger partial charge in [0.1, 0.15) is 5.76 Å². The van der Waals surface area contributed by atoms with E-state index in [9.17, 15) is 49.4 Å². The second-order valence-corrected chi connectivity index (χ2v) is 14.1. The summed E-state index contributed by atoms with van der Waals surface area (Å²) in [7, 11) is 0. The van der Waals surface area contributed by atoms with Crippen LogP contribution in [0.3, 0.4) is 0 Å². The molecule has 3 rings (SSSR count). The lowest BCUT2D eigenvalue weighted by Gasteiger charge is -2.36. The van der Waals surface area contributed by atoms with Crippen molar-refractivity contribution in [2.24, 2.45) is 16.8 Å². The van der Waals surface area contributed by atoms with Gasteiger partial charge < -0.3 is 19.6 Å². The van der Waals surface area contributed by atoms with E-state index < -0.39 is 65.3 Å². The molecule has 300 valence electrons. The highest BCUT2D eigenvalue weighted by molar-refractivity contribution is 7.98. The number of guanidine groups is 1. The number of hydrogen-bond donors (Lipinski definition) is 2. The van der Waals surface area contributed by atoms with Gasteiger partial charge in [-0.3, -0.25) is 10.2 Å². The minimum atomic E-state index is -5.16. The number of nitrogens with zero attached hydrogens (tertiary/aromatic N) is 3. The first-order chi connectivity index (χ1) is 25.2. The zero-order valence-electron chi connectivity index (χ0n) is 30.3. The molecule has 0 amide bonds. The number of halogens is 9. The van der Waals surface area contributed by atoms with Crippen molar-refractivity contribution >= 4 is 35.6 Å². The summed E-state index contributed by atoms with van der Waals surface area (Å²) >= 11 is 1.50. The van der Waals surface area contributed by atoms with Crippen LogP contribution < -0.4 is 4.90 Å². The van der Waals surface area contributed by atoms with Gasteiger partial charge in [-0.15, -0.1) is 0 Å². The Balaban J connectivity index is 2.14. The molecule has 54 heavy (non-hydrogen) atoms. The lowest BCUT2D eigenvalue weighted by Crippen LogP contribution is -2.35. The van der Waals surface area contributed by atoms with E-state index in [-0.39, 0.29) is 42.3 Å².